The molecule has 4 rings (SSSR count). The topological polar surface area (TPSA) is 58.9 Å². The van der Waals surface area contributed by atoms with Crippen LogP contribution in [0, 0.1) is 10.1 Å². The van der Waals surface area contributed by atoms with Crippen LogP contribution in [0.5, 0.6) is 5.75 Å². The largest absolute Gasteiger partial charge is 0.493 e. The molecule has 0 atom stereocenters. The van der Waals surface area contributed by atoms with Crippen LogP contribution in [0.25, 0.3) is 12.2 Å². The van der Waals surface area contributed by atoms with E-state index in [9.17, 15) is 10.1 Å². The summed E-state index contributed by atoms with van der Waals surface area (Å²) in [6.07, 6.45) is 4.65. The van der Waals surface area contributed by atoms with E-state index in [0.717, 1.165) is 59.9 Å². The van der Waals surface area contributed by atoms with Crippen molar-refractivity contribution in [3.05, 3.63) is 97.5 Å². The first-order valence-electron chi connectivity index (χ1n) is 11.6. The van der Waals surface area contributed by atoms with Gasteiger partial charge in [-0.3, -0.25) is 15.0 Å². The van der Waals surface area contributed by atoms with E-state index in [1.54, 1.807) is 12.1 Å². The van der Waals surface area contributed by atoms with Gasteiger partial charge in [0.2, 0.25) is 0 Å². The van der Waals surface area contributed by atoms with Crippen molar-refractivity contribution in [2.75, 3.05) is 44.2 Å². The average Bonchev–Trinajstić information content (AvgIpc) is 2.87. The summed E-state index contributed by atoms with van der Waals surface area (Å²) in [5, 5.41) is 12.1. The Morgan fingerprint density at radius 2 is 1.67 bits per heavy atom. The number of halogens is 3. The van der Waals surface area contributed by atoms with Crippen molar-refractivity contribution < 1.29 is 9.66 Å². The first kappa shape index (κ1) is 28.0. The molecule has 0 N–H and O–H groups in total. The molecule has 36 heavy (non-hydrogen) atoms. The Morgan fingerprint density at radius 1 is 0.972 bits per heavy atom. The van der Waals surface area contributed by atoms with Crippen molar-refractivity contribution in [3.8, 4) is 5.75 Å². The maximum absolute atomic E-state index is 11.3. The van der Waals surface area contributed by atoms with Crippen molar-refractivity contribution >= 4 is 63.5 Å². The standard InChI is InChI=1S/C27H27BrClN3O3.ClH/c28-24-7-2-1-6-21(24)10-11-22-20-23(32(33)34)12-13-27(22)35-19-5-14-30-15-17-31(18-16-30)26-9-4-3-8-25(26)29;/h1-4,6-13,20H,5,14-19H2;1H. The van der Waals surface area contributed by atoms with Gasteiger partial charge in [-0.15, -0.1) is 12.4 Å². The molecule has 0 aliphatic carbocycles. The van der Waals surface area contributed by atoms with Crippen molar-refractivity contribution in [2.24, 2.45) is 0 Å². The van der Waals surface area contributed by atoms with E-state index in [1.165, 1.54) is 6.07 Å². The number of nitrogens with zero attached hydrogens (tertiary/aromatic N) is 3. The molecular weight excluding hydrogens is 565 g/mol. The van der Waals surface area contributed by atoms with Crippen LogP contribution >= 0.6 is 39.9 Å². The molecule has 0 bridgehead atoms. The highest BCUT2D eigenvalue weighted by molar-refractivity contribution is 9.10. The first-order chi connectivity index (χ1) is 17.0. The number of benzene rings is 3. The summed E-state index contributed by atoms with van der Waals surface area (Å²) >= 11 is 9.87. The highest BCUT2D eigenvalue weighted by Crippen LogP contribution is 2.28. The lowest BCUT2D eigenvalue weighted by molar-refractivity contribution is -0.384. The van der Waals surface area contributed by atoms with Gasteiger partial charge in [0.1, 0.15) is 5.75 Å². The van der Waals surface area contributed by atoms with Gasteiger partial charge < -0.3 is 9.64 Å². The summed E-state index contributed by atoms with van der Waals surface area (Å²) in [5.74, 6) is 0.641. The number of rotatable bonds is 9. The summed E-state index contributed by atoms with van der Waals surface area (Å²) in [7, 11) is 0. The third-order valence-corrected chi connectivity index (χ3v) is 7.04. The van der Waals surface area contributed by atoms with Gasteiger partial charge >= 0.3 is 0 Å². The minimum Gasteiger partial charge on any atom is -0.493 e. The van der Waals surface area contributed by atoms with E-state index in [2.05, 4.69) is 31.8 Å². The summed E-state index contributed by atoms with van der Waals surface area (Å²) < 4.78 is 7.00. The number of hydrogen-bond acceptors (Lipinski definition) is 5. The Morgan fingerprint density at radius 3 is 2.39 bits per heavy atom. The number of para-hydroxylation sites is 1. The van der Waals surface area contributed by atoms with Gasteiger partial charge in [0.25, 0.3) is 5.69 Å². The molecule has 0 saturated carbocycles. The fraction of sp³-hybridized carbons (Fsp3) is 0.259. The van der Waals surface area contributed by atoms with Gasteiger partial charge in [0.15, 0.2) is 0 Å². The first-order valence-corrected chi connectivity index (χ1v) is 12.7. The van der Waals surface area contributed by atoms with Crippen LogP contribution in [-0.4, -0.2) is 49.2 Å². The van der Waals surface area contributed by atoms with Gasteiger partial charge in [0.05, 0.1) is 22.2 Å². The predicted molar refractivity (Wildman–Crippen MR) is 154 cm³/mol. The maximum atomic E-state index is 11.3. The number of nitro groups is 1. The van der Waals surface area contributed by atoms with Gasteiger partial charge in [-0.1, -0.05) is 70.0 Å². The lowest BCUT2D eigenvalue weighted by Crippen LogP contribution is -2.46. The summed E-state index contributed by atoms with van der Waals surface area (Å²) in [6.45, 7) is 5.31. The van der Waals surface area contributed by atoms with Crippen molar-refractivity contribution in [2.45, 2.75) is 6.42 Å². The quantitative estimate of drug-likeness (QED) is 0.114. The molecule has 190 valence electrons. The molecule has 0 radical (unpaired) electrons. The number of hydrogen-bond donors (Lipinski definition) is 0. The highest BCUT2D eigenvalue weighted by atomic mass is 79.9. The monoisotopic (exact) mass is 591 g/mol. The number of ether oxygens (including phenoxy) is 1. The van der Waals surface area contributed by atoms with E-state index in [1.807, 2.05) is 54.6 Å². The molecular formula is C27H28BrCl2N3O3. The lowest BCUT2D eigenvalue weighted by atomic mass is 10.1. The molecule has 1 heterocycles. The number of piperazine rings is 1. The second-order valence-electron chi connectivity index (χ2n) is 8.32. The Bertz CT molecular complexity index is 1200. The summed E-state index contributed by atoms with van der Waals surface area (Å²) in [5.41, 5.74) is 2.81. The Labute approximate surface area is 231 Å². The van der Waals surface area contributed by atoms with Crippen LogP contribution < -0.4 is 9.64 Å². The molecule has 3 aromatic rings. The molecule has 9 heteroatoms. The minimum absolute atomic E-state index is 0. The second-order valence-corrected chi connectivity index (χ2v) is 9.58. The van der Waals surface area contributed by atoms with Crippen molar-refractivity contribution in [1.82, 2.24) is 4.90 Å². The van der Waals surface area contributed by atoms with Gasteiger partial charge in [-0.2, -0.15) is 0 Å². The predicted octanol–water partition coefficient (Wildman–Crippen LogP) is 7.19. The van der Waals surface area contributed by atoms with Gasteiger partial charge in [-0.05, 0) is 36.2 Å². The molecule has 1 aliphatic rings. The number of anilines is 1. The normalized spacial score (nSPS) is 14.0. The third kappa shape index (κ3) is 7.46. The van der Waals surface area contributed by atoms with E-state index in [4.69, 9.17) is 16.3 Å². The van der Waals surface area contributed by atoms with Crippen LogP contribution in [0.3, 0.4) is 0 Å². The van der Waals surface area contributed by atoms with Crippen molar-refractivity contribution in [3.63, 3.8) is 0 Å². The second kappa shape index (κ2) is 13.7. The molecule has 3 aromatic carbocycles. The lowest BCUT2D eigenvalue weighted by Gasteiger charge is -2.36. The fourth-order valence-corrected chi connectivity index (χ4v) is 4.76. The van der Waals surface area contributed by atoms with Crippen LogP contribution in [-0.2, 0) is 0 Å². The number of non-ortho nitro benzene ring substituents is 1. The molecule has 0 amide bonds. The molecule has 6 nitrogen and oxygen atoms in total. The molecule has 0 unspecified atom stereocenters. The summed E-state index contributed by atoms with van der Waals surface area (Å²) in [4.78, 5) is 15.7. The zero-order valence-corrected chi connectivity index (χ0v) is 22.8. The minimum atomic E-state index is -0.387. The molecule has 1 aliphatic heterocycles. The van der Waals surface area contributed by atoms with Crippen molar-refractivity contribution in [1.29, 1.82) is 0 Å². The average molecular weight is 593 g/mol. The SMILES string of the molecule is Cl.O=[N+]([O-])c1ccc(OCCCN2CCN(c3ccccc3Cl)CC2)c(C=Cc2ccccc2Br)c1. The smallest absolute Gasteiger partial charge is 0.270 e. The molecule has 0 aromatic heterocycles. The van der Waals surface area contributed by atoms with Gasteiger partial charge in [0, 0.05) is 54.9 Å². The van der Waals surface area contributed by atoms with E-state index in [0.29, 0.717) is 17.9 Å². The van der Waals surface area contributed by atoms with Crippen LogP contribution in [0.1, 0.15) is 17.5 Å². The zero-order valence-electron chi connectivity index (χ0n) is 19.7. The van der Waals surface area contributed by atoms with E-state index < -0.39 is 0 Å². The molecule has 1 fully saturated rings. The zero-order chi connectivity index (χ0) is 24.6. The third-order valence-electron chi connectivity index (χ3n) is 5.99. The Hall–Kier alpha value is -2.58. The van der Waals surface area contributed by atoms with Crippen LogP contribution in [0.2, 0.25) is 5.02 Å². The fourth-order valence-electron chi connectivity index (χ4n) is 4.09. The van der Waals surface area contributed by atoms with E-state index in [-0.39, 0.29) is 23.0 Å². The summed E-state index contributed by atoms with van der Waals surface area (Å²) in [6, 6.07) is 20.5. The van der Waals surface area contributed by atoms with E-state index >= 15 is 0 Å². The Kier molecular flexibility index (Phi) is 10.6. The maximum Gasteiger partial charge on any atom is 0.270 e. The highest BCUT2D eigenvalue weighted by Gasteiger charge is 2.18. The molecule has 0 spiro atoms. The van der Waals surface area contributed by atoms with Crippen LogP contribution in [0.4, 0.5) is 11.4 Å². The molecule has 1 saturated heterocycles. The number of nitro benzene ring substituents is 1. The van der Waals surface area contributed by atoms with Crippen LogP contribution in [0.15, 0.2) is 71.2 Å². The Balaban J connectivity index is 0.00000361. The van der Waals surface area contributed by atoms with Gasteiger partial charge in [-0.25, -0.2) is 0 Å².